The van der Waals surface area contributed by atoms with Crippen molar-refractivity contribution in [3.8, 4) is 0 Å². The van der Waals surface area contributed by atoms with Gasteiger partial charge in [-0.15, -0.1) is 0 Å². The molecule has 2 aliphatic rings. The molecule has 1 aliphatic heterocycles. The predicted molar refractivity (Wildman–Crippen MR) is 123 cm³/mol. The monoisotopic (exact) mass is 427 g/mol. The summed E-state index contributed by atoms with van der Waals surface area (Å²) >= 11 is 0. The Kier molecular flexibility index (Phi) is 6.82. The van der Waals surface area contributed by atoms with Crippen LogP contribution in [0.1, 0.15) is 68.7 Å². The van der Waals surface area contributed by atoms with Gasteiger partial charge in [0.15, 0.2) is 5.78 Å². The number of hydrogen-bond donors (Lipinski definition) is 0. The Balaban J connectivity index is 1.66. The molecule has 1 atom stereocenters. The van der Waals surface area contributed by atoms with E-state index in [9.17, 15) is 9.59 Å². The van der Waals surface area contributed by atoms with Crippen LogP contribution in [0, 0.1) is 32.6 Å². The highest BCUT2D eigenvalue weighted by Gasteiger charge is 2.38. The number of Topliss-reactive ketones (excluding diaryl/α,β-unsaturated/α-hetero) is 1. The van der Waals surface area contributed by atoms with Crippen molar-refractivity contribution in [3.63, 3.8) is 0 Å². The molecule has 0 spiro atoms. The SMILES string of the molecule is COC1=C(c2c(C)cc(C)cc2C)C(=O)C(CC2CCN(C(=O)OC(C)(C)C)CC2)C1. The van der Waals surface area contributed by atoms with Crippen molar-refractivity contribution in [2.45, 2.75) is 72.8 Å². The fourth-order valence-corrected chi connectivity index (χ4v) is 5.05. The molecule has 1 saturated heterocycles. The number of carbonyl (C=O) groups is 2. The maximum atomic E-state index is 13.4. The second-order valence-corrected chi connectivity index (χ2v) is 10.2. The topological polar surface area (TPSA) is 55.8 Å². The number of likely N-dealkylation sites (tertiary alicyclic amines) is 1. The quantitative estimate of drug-likeness (QED) is 0.628. The Bertz CT molecular complexity index is 862. The van der Waals surface area contributed by atoms with Gasteiger partial charge in [0.05, 0.1) is 12.7 Å². The first-order valence-corrected chi connectivity index (χ1v) is 11.4. The highest BCUT2D eigenvalue weighted by Crippen LogP contribution is 2.41. The second kappa shape index (κ2) is 9.05. The number of rotatable bonds is 4. The van der Waals surface area contributed by atoms with Crippen molar-refractivity contribution >= 4 is 17.4 Å². The van der Waals surface area contributed by atoms with Gasteiger partial charge in [-0.05, 0) is 83.4 Å². The summed E-state index contributed by atoms with van der Waals surface area (Å²) in [6.45, 7) is 13.3. The number of methoxy groups -OCH3 is 1. The van der Waals surface area contributed by atoms with E-state index in [0.717, 1.165) is 47.3 Å². The van der Waals surface area contributed by atoms with E-state index in [0.29, 0.717) is 25.4 Å². The summed E-state index contributed by atoms with van der Waals surface area (Å²) in [4.78, 5) is 27.6. The molecule has 31 heavy (non-hydrogen) atoms. The highest BCUT2D eigenvalue weighted by molar-refractivity contribution is 6.25. The summed E-state index contributed by atoms with van der Waals surface area (Å²) in [7, 11) is 1.67. The molecule has 1 unspecified atom stereocenters. The third-order valence-electron chi connectivity index (χ3n) is 6.39. The van der Waals surface area contributed by atoms with Crippen LogP contribution in [-0.2, 0) is 14.3 Å². The van der Waals surface area contributed by atoms with Gasteiger partial charge in [-0.2, -0.15) is 0 Å². The first-order chi connectivity index (χ1) is 14.5. The van der Waals surface area contributed by atoms with Gasteiger partial charge in [0.1, 0.15) is 11.4 Å². The number of aryl methyl sites for hydroxylation is 3. The minimum absolute atomic E-state index is 0.0388. The molecular formula is C26H37NO4. The number of allylic oxidation sites excluding steroid dienone is 2. The van der Waals surface area contributed by atoms with E-state index >= 15 is 0 Å². The zero-order valence-electron chi connectivity index (χ0n) is 20.1. The number of benzene rings is 1. The molecule has 1 aromatic carbocycles. The summed E-state index contributed by atoms with van der Waals surface area (Å²) in [5.74, 6) is 1.42. The molecular weight excluding hydrogens is 390 g/mol. The van der Waals surface area contributed by atoms with E-state index in [4.69, 9.17) is 9.47 Å². The molecule has 1 fully saturated rings. The third-order valence-corrected chi connectivity index (χ3v) is 6.39. The fourth-order valence-electron chi connectivity index (χ4n) is 5.05. The number of ketones is 1. The zero-order chi connectivity index (χ0) is 22.9. The Morgan fingerprint density at radius 2 is 1.68 bits per heavy atom. The van der Waals surface area contributed by atoms with Gasteiger partial charge in [0.2, 0.25) is 0 Å². The van der Waals surface area contributed by atoms with Crippen LogP contribution in [0.4, 0.5) is 4.79 Å². The summed E-state index contributed by atoms with van der Waals surface area (Å²) in [6, 6.07) is 4.27. The minimum Gasteiger partial charge on any atom is -0.500 e. The van der Waals surface area contributed by atoms with E-state index in [1.807, 2.05) is 20.8 Å². The number of piperidine rings is 1. The molecule has 1 heterocycles. The Morgan fingerprint density at radius 1 is 1.10 bits per heavy atom. The maximum Gasteiger partial charge on any atom is 0.410 e. The molecule has 170 valence electrons. The number of nitrogens with zero attached hydrogens (tertiary/aromatic N) is 1. The summed E-state index contributed by atoms with van der Waals surface area (Å²) < 4.78 is 11.2. The lowest BCUT2D eigenvalue weighted by atomic mass is 9.84. The Morgan fingerprint density at radius 3 is 2.19 bits per heavy atom. The van der Waals surface area contributed by atoms with Crippen molar-refractivity contribution in [2.24, 2.45) is 11.8 Å². The van der Waals surface area contributed by atoms with Crippen molar-refractivity contribution in [2.75, 3.05) is 20.2 Å². The molecule has 0 radical (unpaired) electrons. The van der Waals surface area contributed by atoms with E-state index in [-0.39, 0.29) is 17.8 Å². The average Bonchev–Trinajstić information content (AvgIpc) is 2.96. The Hall–Kier alpha value is -2.30. The summed E-state index contributed by atoms with van der Waals surface area (Å²) in [5.41, 5.74) is 4.79. The van der Waals surface area contributed by atoms with Crippen LogP contribution in [0.5, 0.6) is 0 Å². The van der Waals surface area contributed by atoms with E-state index < -0.39 is 5.60 Å². The van der Waals surface area contributed by atoms with Crippen molar-refractivity contribution < 1.29 is 19.1 Å². The summed E-state index contributed by atoms with van der Waals surface area (Å²) in [6.07, 6.45) is 3.09. The maximum absolute atomic E-state index is 13.4. The smallest absolute Gasteiger partial charge is 0.410 e. The molecule has 1 amide bonds. The van der Waals surface area contributed by atoms with E-state index in [1.165, 1.54) is 5.56 Å². The predicted octanol–water partition coefficient (Wildman–Crippen LogP) is 5.60. The van der Waals surface area contributed by atoms with Crippen LogP contribution in [-0.4, -0.2) is 42.6 Å². The minimum atomic E-state index is -0.477. The average molecular weight is 428 g/mol. The molecule has 5 heteroatoms. The van der Waals surface area contributed by atoms with Crippen LogP contribution < -0.4 is 0 Å². The first-order valence-electron chi connectivity index (χ1n) is 11.4. The summed E-state index contributed by atoms with van der Waals surface area (Å²) in [5, 5.41) is 0. The molecule has 5 nitrogen and oxygen atoms in total. The van der Waals surface area contributed by atoms with Gasteiger partial charge in [-0.25, -0.2) is 4.79 Å². The molecule has 0 saturated carbocycles. The van der Waals surface area contributed by atoms with Crippen LogP contribution in [0.15, 0.2) is 17.9 Å². The van der Waals surface area contributed by atoms with Gasteiger partial charge in [0.25, 0.3) is 0 Å². The first kappa shape index (κ1) is 23.4. The third kappa shape index (κ3) is 5.31. The van der Waals surface area contributed by atoms with Crippen molar-refractivity contribution in [3.05, 3.63) is 40.1 Å². The van der Waals surface area contributed by atoms with Crippen molar-refractivity contribution in [1.29, 1.82) is 0 Å². The lowest BCUT2D eigenvalue weighted by Gasteiger charge is -2.34. The number of ether oxygens (including phenoxy) is 2. The largest absolute Gasteiger partial charge is 0.500 e. The standard InChI is InChI=1S/C26H37NO4/c1-16-12-17(2)22(18(3)13-16)23-21(30-7)15-20(24(23)28)14-19-8-10-27(11-9-19)25(29)31-26(4,5)6/h12-13,19-20H,8-11,14-15H2,1-7H3. The lowest BCUT2D eigenvalue weighted by molar-refractivity contribution is -0.117. The van der Waals surface area contributed by atoms with Gasteiger partial charge in [0, 0.05) is 25.4 Å². The normalized spacial score (nSPS) is 20.4. The number of amides is 1. The molecule has 1 aromatic rings. The molecule has 3 rings (SSSR count). The van der Waals surface area contributed by atoms with Gasteiger partial charge in [-0.3, -0.25) is 4.79 Å². The molecule has 0 aromatic heterocycles. The van der Waals surface area contributed by atoms with Gasteiger partial charge >= 0.3 is 6.09 Å². The number of hydrogen-bond acceptors (Lipinski definition) is 4. The van der Waals surface area contributed by atoms with E-state index in [2.05, 4.69) is 32.9 Å². The Labute approximate surface area is 186 Å². The zero-order valence-corrected chi connectivity index (χ0v) is 20.1. The second-order valence-electron chi connectivity index (χ2n) is 10.2. The van der Waals surface area contributed by atoms with Gasteiger partial charge in [-0.1, -0.05) is 17.7 Å². The van der Waals surface area contributed by atoms with Crippen LogP contribution in [0.3, 0.4) is 0 Å². The highest BCUT2D eigenvalue weighted by atomic mass is 16.6. The number of carbonyl (C=O) groups excluding carboxylic acids is 2. The van der Waals surface area contributed by atoms with Crippen LogP contribution in [0.25, 0.3) is 5.57 Å². The molecule has 0 bridgehead atoms. The van der Waals surface area contributed by atoms with Crippen LogP contribution in [0.2, 0.25) is 0 Å². The van der Waals surface area contributed by atoms with Gasteiger partial charge < -0.3 is 14.4 Å². The lowest BCUT2D eigenvalue weighted by Crippen LogP contribution is -2.42. The van der Waals surface area contributed by atoms with Crippen LogP contribution >= 0.6 is 0 Å². The fraction of sp³-hybridized carbons (Fsp3) is 0.615. The molecule has 1 aliphatic carbocycles. The van der Waals surface area contributed by atoms with Crippen molar-refractivity contribution in [1.82, 2.24) is 4.90 Å². The molecule has 0 N–H and O–H groups in total. The van der Waals surface area contributed by atoms with E-state index in [1.54, 1.807) is 12.0 Å².